The van der Waals surface area contributed by atoms with Crippen molar-refractivity contribution in [2.45, 2.75) is 16.9 Å². The first kappa shape index (κ1) is 22.5. The third-order valence-corrected chi connectivity index (χ3v) is 7.83. The number of hydrogen-bond donors (Lipinski definition) is 1. The van der Waals surface area contributed by atoms with Crippen molar-refractivity contribution in [3.8, 4) is 33.8 Å². The summed E-state index contributed by atoms with van der Waals surface area (Å²) >= 11 is 0.989. The second-order valence-electron chi connectivity index (χ2n) is 7.53. The summed E-state index contributed by atoms with van der Waals surface area (Å²) in [6.07, 6.45) is -0.781. The predicted molar refractivity (Wildman–Crippen MR) is 122 cm³/mol. The molecule has 174 valence electrons. The highest BCUT2D eigenvalue weighted by Crippen LogP contribution is 2.50. The lowest BCUT2D eigenvalue weighted by molar-refractivity contribution is -0.0496. The van der Waals surface area contributed by atoms with E-state index in [1.807, 2.05) is 0 Å². The van der Waals surface area contributed by atoms with Gasteiger partial charge < -0.3 is 9.47 Å². The molecule has 1 unspecified atom stereocenters. The SMILES string of the molecule is NS(=O)(=O)c1sccc1-c1ccc2c(c1)C(c1cccc(F)c1)Oc1cccc(OC(F)F)c1-2. The molecule has 1 aliphatic rings. The molecule has 0 aliphatic carbocycles. The number of nitrogens with two attached hydrogens (primary N) is 1. The van der Waals surface area contributed by atoms with E-state index in [9.17, 15) is 21.6 Å². The molecule has 2 heterocycles. The fourth-order valence-electron chi connectivity index (χ4n) is 4.08. The lowest BCUT2D eigenvalue weighted by atomic mass is 9.87. The van der Waals surface area contributed by atoms with Crippen LogP contribution in [-0.4, -0.2) is 15.0 Å². The monoisotopic (exact) mass is 503 g/mol. The van der Waals surface area contributed by atoms with Crippen molar-refractivity contribution in [1.82, 2.24) is 0 Å². The van der Waals surface area contributed by atoms with Gasteiger partial charge in [0.1, 0.15) is 27.6 Å². The molecule has 4 aromatic rings. The van der Waals surface area contributed by atoms with E-state index in [2.05, 4.69) is 0 Å². The van der Waals surface area contributed by atoms with Crippen molar-refractivity contribution in [3.63, 3.8) is 0 Å². The minimum Gasteiger partial charge on any atom is -0.480 e. The van der Waals surface area contributed by atoms with Crippen LogP contribution in [-0.2, 0) is 10.0 Å². The van der Waals surface area contributed by atoms with Gasteiger partial charge in [0, 0.05) is 11.1 Å². The molecule has 0 spiro atoms. The molecule has 0 radical (unpaired) electrons. The summed E-state index contributed by atoms with van der Waals surface area (Å²) in [6.45, 7) is -3.04. The third-order valence-electron chi connectivity index (χ3n) is 5.40. The van der Waals surface area contributed by atoms with Crippen LogP contribution >= 0.6 is 11.3 Å². The van der Waals surface area contributed by atoms with E-state index < -0.39 is 28.6 Å². The van der Waals surface area contributed by atoms with Gasteiger partial charge in [-0.2, -0.15) is 8.78 Å². The van der Waals surface area contributed by atoms with E-state index in [0.29, 0.717) is 39.1 Å². The minimum absolute atomic E-state index is 0.00592. The van der Waals surface area contributed by atoms with Gasteiger partial charge >= 0.3 is 6.61 Å². The quantitative estimate of drug-likeness (QED) is 0.365. The fourth-order valence-corrected chi connectivity index (χ4v) is 5.92. The zero-order valence-corrected chi connectivity index (χ0v) is 18.9. The first-order valence-electron chi connectivity index (χ1n) is 9.97. The Labute approximate surface area is 197 Å². The smallest absolute Gasteiger partial charge is 0.387 e. The van der Waals surface area contributed by atoms with E-state index in [1.54, 1.807) is 47.8 Å². The number of halogens is 3. The van der Waals surface area contributed by atoms with Gasteiger partial charge in [0.2, 0.25) is 10.0 Å². The number of primary sulfonamides is 1. The number of hydrogen-bond acceptors (Lipinski definition) is 5. The molecule has 34 heavy (non-hydrogen) atoms. The van der Waals surface area contributed by atoms with Gasteiger partial charge in [-0.25, -0.2) is 17.9 Å². The topological polar surface area (TPSA) is 78.6 Å². The molecular weight excluding hydrogens is 487 g/mol. The third kappa shape index (κ3) is 4.04. The highest BCUT2D eigenvalue weighted by Gasteiger charge is 2.31. The molecule has 1 aliphatic heterocycles. The lowest BCUT2D eigenvalue weighted by Crippen LogP contribution is -2.17. The van der Waals surface area contributed by atoms with Gasteiger partial charge in [-0.15, -0.1) is 11.3 Å². The maximum Gasteiger partial charge on any atom is 0.387 e. The molecule has 10 heteroatoms. The van der Waals surface area contributed by atoms with Gasteiger partial charge in [0.25, 0.3) is 0 Å². The second kappa shape index (κ2) is 8.46. The van der Waals surface area contributed by atoms with Crippen molar-refractivity contribution in [3.05, 3.63) is 89.1 Å². The van der Waals surface area contributed by atoms with E-state index in [-0.39, 0.29) is 9.96 Å². The summed E-state index contributed by atoms with van der Waals surface area (Å²) in [4.78, 5) is 0. The Morgan fingerprint density at radius 3 is 2.53 bits per heavy atom. The Hall–Kier alpha value is -3.34. The predicted octanol–water partition coefficient (Wildman–Crippen LogP) is 5.95. The largest absolute Gasteiger partial charge is 0.480 e. The Bertz CT molecular complexity index is 1500. The first-order chi connectivity index (χ1) is 16.2. The lowest BCUT2D eigenvalue weighted by Gasteiger charge is -2.30. The molecule has 5 nitrogen and oxygen atoms in total. The standard InChI is InChI=1S/C24H16F3NO4S2/c25-15-4-1-3-14(11-15)22-18-12-13(16-9-10-33-23(16)34(28,29)30)7-8-17(18)21-19(31-22)5-2-6-20(21)32-24(26)27/h1-12,22,24H,(H2,28,29,30). The zero-order chi connectivity index (χ0) is 24.0. The van der Waals surface area contributed by atoms with Crippen molar-refractivity contribution in [1.29, 1.82) is 0 Å². The summed E-state index contributed by atoms with van der Waals surface area (Å²) in [7, 11) is -3.97. The Morgan fingerprint density at radius 2 is 1.79 bits per heavy atom. The summed E-state index contributed by atoms with van der Waals surface area (Å²) in [6, 6.07) is 17.1. The minimum atomic E-state index is -3.97. The second-order valence-corrected chi connectivity index (χ2v) is 10.2. The molecule has 0 fully saturated rings. The Morgan fingerprint density at radius 1 is 1.00 bits per heavy atom. The molecule has 0 saturated heterocycles. The number of alkyl halides is 2. The average Bonchev–Trinajstić information content (AvgIpc) is 3.28. The highest BCUT2D eigenvalue weighted by molar-refractivity contribution is 7.91. The van der Waals surface area contributed by atoms with Crippen LogP contribution in [0.15, 0.2) is 76.3 Å². The van der Waals surface area contributed by atoms with Crippen molar-refractivity contribution in [2.24, 2.45) is 5.14 Å². The molecule has 0 amide bonds. The Balaban J connectivity index is 1.74. The van der Waals surface area contributed by atoms with Crippen molar-refractivity contribution >= 4 is 21.4 Å². The molecule has 0 saturated carbocycles. The molecule has 0 bridgehead atoms. The highest BCUT2D eigenvalue weighted by atomic mass is 32.2. The van der Waals surface area contributed by atoms with Crippen LogP contribution in [0.4, 0.5) is 13.2 Å². The molecule has 1 atom stereocenters. The van der Waals surface area contributed by atoms with E-state index in [0.717, 1.165) is 11.3 Å². The summed E-state index contributed by atoms with van der Waals surface area (Å²) in [5, 5.41) is 6.98. The maximum absolute atomic E-state index is 14.1. The van der Waals surface area contributed by atoms with E-state index in [4.69, 9.17) is 14.6 Å². The van der Waals surface area contributed by atoms with Gasteiger partial charge in [0.05, 0.1) is 5.56 Å². The fraction of sp³-hybridized carbons (Fsp3) is 0.0833. The average molecular weight is 504 g/mol. The van der Waals surface area contributed by atoms with Crippen LogP contribution in [0.5, 0.6) is 11.5 Å². The molecule has 1 aromatic heterocycles. The van der Waals surface area contributed by atoms with Gasteiger partial charge in [-0.3, -0.25) is 0 Å². The zero-order valence-electron chi connectivity index (χ0n) is 17.2. The van der Waals surface area contributed by atoms with Crippen LogP contribution < -0.4 is 14.6 Å². The number of sulfonamides is 1. The maximum atomic E-state index is 14.1. The van der Waals surface area contributed by atoms with E-state index >= 15 is 0 Å². The Kier molecular flexibility index (Phi) is 5.59. The normalized spacial score (nSPS) is 14.9. The first-order valence-corrected chi connectivity index (χ1v) is 12.4. The number of benzene rings is 3. The van der Waals surface area contributed by atoms with Crippen LogP contribution in [0.3, 0.4) is 0 Å². The van der Waals surface area contributed by atoms with Crippen LogP contribution in [0, 0.1) is 5.82 Å². The molecule has 2 N–H and O–H groups in total. The van der Waals surface area contributed by atoms with E-state index in [1.165, 1.54) is 24.3 Å². The van der Waals surface area contributed by atoms with Crippen LogP contribution in [0.25, 0.3) is 22.3 Å². The number of fused-ring (bicyclic) bond motifs is 3. The number of ether oxygens (including phenoxy) is 2. The van der Waals surface area contributed by atoms with Gasteiger partial charge in [0.15, 0.2) is 0 Å². The number of thiophene rings is 1. The van der Waals surface area contributed by atoms with Crippen molar-refractivity contribution in [2.75, 3.05) is 0 Å². The van der Waals surface area contributed by atoms with Crippen molar-refractivity contribution < 1.29 is 31.1 Å². The molecule has 3 aromatic carbocycles. The molecular formula is C24H16F3NO4S2. The van der Waals surface area contributed by atoms with Gasteiger partial charge in [-0.1, -0.05) is 30.3 Å². The summed E-state index contributed by atoms with van der Waals surface area (Å²) in [5.41, 5.74) is 2.84. The summed E-state index contributed by atoms with van der Waals surface area (Å²) in [5.74, 6) is -0.234. The number of rotatable bonds is 5. The van der Waals surface area contributed by atoms with Crippen LogP contribution in [0.1, 0.15) is 17.2 Å². The summed E-state index contributed by atoms with van der Waals surface area (Å²) < 4.78 is 75.2. The van der Waals surface area contributed by atoms with Gasteiger partial charge in [-0.05, 0) is 58.5 Å². The van der Waals surface area contributed by atoms with Crippen LogP contribution in [0.2, 0.25) is 0 Å². The molecule has 5 rings (SSSR count).